The number of ether oxygens (including phenoxy) is 1. The van der Waals surface area contributed by atoms with E-state index in [1.165, 1.54) is 6.33 Å². The number of hydrogen-bond donors (Lipinski definition) is 4. The maximum Gasteiger partial charge on any atom is 0.325 e. The van der Waals surface area contributed by atoms with Crippen molar-refractivity contribution in [2.75, 3.05) is 11.9 Å². The molecule has 0 amide bonds. The molecule has 3 rings (SSSR count). The molecule has 120 valence electrons. The summed E-state index contributed by atoms with van der Waals surface area (Å²) in [6.07, 6.45) is 2.23. The lowest BCUT2D eigenvalue weighted by atomic mass is 10.2. The van der Waals surface area contributed by atoms with E-state index in [4.69, 9.17) is 20.3 Å². The van der Waals surface area contributed by atoms with Gasteiger partial charge in [0.1, 0.15) is 6.23 Å². The molecule has 0 aromatic carbocycles. The van der Waals surface area contributed by atoms with Gasteiger partial charge in [-0.25, -0.2) is 4.98 Å². The second-order valence-corrected chi connectivity index (χ2v) is 7.02. The van der Waals surface area contributed by atoms with E-state index in [1.807, 2.05) is 0 Å². The second kappa shape index (κ2) is 5.47. The third-order valence-corrected chi connectivity index (χ3v) is 4.43. The highest BCUT2D eigenvalue weighted by molar-refractivity contribution is 7.51. The van der Waals surface area contributed by atoms with E-state index in [0.29, 0.717) is 18.5 Å². The molecule has 0 saturated carbocycles. The number of anilines is 1. The molecule has 2 aromatic rings. The topological polar surface area (TPSA) is 156 Å². The van der Waals surface area contributed by atoms with Gasteiger partial charge in [0, 0.05) is 0 Å². The van der Waals surface area contributed by atoms with Crippen LogP contribution in [-0.2, 0) is 9.30 Å². The van der Waals surface area contributed by atoms with Crippen LogP contribution in [0.25, 0.3) is 11.2 Å². The van der Waals surface area contributed by atoms with Crippen LogP contribution < -0.4 is 11.3 Å². The number of nitrogen functional groups attached to an aromatic ring is 1. The van der Waals surface area contributed by atoms with Gasteiger partial charge in [0.2, 0.25) is 5.95 Å². The van der Waals surface area contributed by atoms with Gasteiger partial charge in [0.05, 0.1) is 18.6 Å². The van der Waals surface area contributed by atoms with Crippen molar-refractivity contribution < 1.29 is 19.1 Å². The van der Waals surface area contributed by atoms with Gasteiger partial charge in [0.15, 0.2) is 11.2 Å². The second-order valence-electron chi connectivity index (χ2n) is 5.24. The predicted octanol–water partition coefficient (Wildman–Crippen LogP) is -0.0528. The van der Waals surface area contributed by atoms with Crippen molar-refractivity contribution >= 4 is 24.7 Å². The Morgan fingerprint density at radius 2 is 2.27 bits per heavy atom. The summed E-state index contributed by atoms with van der Waals surface area (Å²) in [7, 11) is -4.02. The average Bonchev–Trinajstić information content (AvgIpc) is 3.01. The zero-order valence-electron chi connectivity index (χ0n) is 11.5. The number of nitrogens with one attached hydrogen (secondary N) is 1. The van der Waals surface area contributed by atoms with Gasteiger partial charge in [-0.05, 0) is 19.3 Å². The van der Waals surface area contributed by atoms with Crippen LogP contribution in [-0.4, -0.2) is 41.6 Å². The number of aromatic nitrogens is 4. The van der Waals surface area contributed by atoms with E-state index in [9.17, 15) is 9.36 Å². The molecule has 1 aliphatic rings. The Morgan fingerprint density at radius 1 is 1.50 bits per heavy atom. The van der Waals surface area contributed by atoms with Gasteiger partial charge in [-0.1, -0.05) is 0 Å². The lowest BCUT2D eigenvalue weighted by Gasteiger charge is -2.15. The maximum atomic E-state index is 11.7. The van der Waals surface area contributed by atoms with Gasteiger partial charge < -0.3 is 20.3 Å². The van der Waals surface area contributed by atoms with E-state index in [-0.39, 0.29) is 36.4 Å². The smallest absolute Gasteiger partial charge is 0.325 e. The van der Waals surface area contributed by atoms with E-state index in [1.54, 1.807) is 4.57 Å². The molecule has 2 aromatic heterocycles. The fourth-order valence-corrected chi connectivity index (χ4v) is 3.19. The Balaban J connectivity index is 1.79. The van der Waals surface area contributed by atoms with Crippen molar-refractivity contribution in [1.29, 1.82) is 0 Å². The first kappa shape index (κ1) is 15.2. The molecule has 11 heteroatoms. The third kappa shape index (κ3) is 3.05. The summed E-state index contributed by atoms with van der Waals surface area (Å²) < 4.78 is 18.3. The fourth-order valence-electron chi connectivity index (χ4n) is 2.57. The fraction of sp³-hybridized carbons (Fsp3) is 0.545. The van der Waals surface area contributed by atoms with E-state index >= 15 is 0 Å². The van der Waals surface area contributed by atoms with Crippen molar-refractivity contribution in [1.82, 2.24) is 19.5 Å². The van der Waals surface area contributed by atoms with Crippen molar-refractivity contribution in [3.05, 3.63) is 16.7 Å². The molecule has 1 aliphatic heterocycles. The summed E-state index contributed by atoms with van der Waals surface area (Å²) >= 11 is 0. The lowest BCUT2D eigenvalue weighted by molar-refractivity contribution is 0.00278. The van der Waals surface area contributed by atoms with Crippen molar-refractivity contribution in [3.8, 4) is 0 Å². The summed E-state index contributed by atoms with van der Waals surface area (Å²) in [5.74, 6) is -0.00436. The van der Waals surface area contributed by atoms with Crippen molar-refractivity contribution in [3.63, 3.8) is 0 Å². The van der Waals surface area contributed by atoms with Crippen molar-refractivity contribution in [2.45, 2.75) is 31.6 Å². The van der Waals surface area contributed by atoms with Crippen LogP contribution in [0.4, 0.5) is 5.95 Å². The zero-order chi connectivity index (χ0) is 15.9. The summed E-state index contributed by atoms with van der Waals surface area (Å²) in [4.78, 5) is 40.0. The summed E-state index contributed by atoms with van der Waals surface area (Å²) in [6.45, 7) is 0. The number of nitrogens with two attached hydrogens (primary N) is 1. The molecular weight excluding hydrogens is 313 g/mol. The quantitative estimate of drug-likeness (QED) is 0.569. The SMILES string of the molecule is Nc1nc2c(ncn2[C@H]2CCC(CCP(=O)(O)O)O2)c(=O)[nH]1. The molecule has 2 atom stereocenters. The molecule has 3 heterocycles. The number of aromatic amines is 1. The first-order valence-corrected chi connectivity index (χ1v) is 8.55. The molecule has 10 nitrogen and oxygen atoms in total. The Labute approximate surface area is 124 Å². The van der Waals surface area contributed by atoms with E-state index in [0.717, 1.165) is 0 Å². The highest BCUT2D eigenvalue weighted by Gasteiger charge is 2.29. The van der Waals surface area contributed by atoms with Crippen molar-refractivity contribution in [2.24, 2.45) is 0 Å². The summed E-state index contributed by atoms with van der Waals surface area (Å²) in [6, 6.07) is 0. The van der Waals surface area contributed by atoms with Crippen LogP contribution in [0.15, 0.2) is 11.1 Å². The van der Waals surface area contributed by atoms with Gasteiger partial charge in [-0.3, -0.25) is 18.9 Å². The van der Waals surface area contributed by atoms with Crippen LogP contribution in [0.5, 0.6) is 0 Å². The minimum atomic E-state index is -4.02. The summed E-state index contributed by atoms with van der Waals surface area (Å²) in [5.41, 5.74) is 5.63. The molecular formula is C11H16N5O5P. The van der Waals surface area contributed by atoms with Gasteiger partial charge >= 0.3 is 7.60 Å². The standard InChI is InChI=1S/C11H16N5O5P/c12-11-14-9-8(10(17)15-11)13-5-16(9)7-2-1-6(21-7)3-4-22(18,19)20/h5-7H,1-4H2,(H2,18,19,20)(H3,12,14,15,17)/t6?,7-/m1/s1. The number of hydrogen-bond acceptors (Lipinski definition) is 6. The van der Waals surface area contributed by atoms with Gasteiger partial charge in [-0.2, -0.15) is 4.98 Å². The average molecular weight is 329 g/mol. The number of fused-ring (bicyclic) bond motifs is 1. The number of imidazole rings is 1. The van der Waals surface area contributed by atoms with Crippen LogP contribution in [0.2, 0.25) is 0 Å². The Bertz CT molecular complexity index is 796. The van der Waals surface area contributed by atoms with Crippen LogP contribution in [0, 0.1) is 0 Å². The molecule has 1 fully saturated rings. The van der Waals surface area contributed by atoms with E-state index in [2.05, 4.69) is 15.0 Å². The molecule has 22 heavy (non-hydrogen) atoms. The molecule has 0 aliphatic carbocycles. The molecule has 5 N–H and O–H groups in total. The van der Waals surface area contributed by atoms with Crippen LogP contribution in [0.3, 0.4) is 0 Å². The molecule has 0 radical (unpaired) electrons. The highest BCUT2D eigenvalue weighted by Crippen LogP contribution is 2.39. The molecule has 0 bridgehead atoms. The monoisotopic (exact) mass is 329 g/mol. The Morgan fingerprint density at radius 3 is 3.00 bits per heavy atom. The first-order chi connectivity index (χ1) is 10.3. The normalized spacial score (nSPS) is 22.5. The number of nitrogens with zero attached hydrogens (tertiary/aromatic N) is 3. The third-order valence-electron chi connectivity index (χ3n) is 3.59. The zero-order valence-corrected chi connectivity index (χ0v) is 12.4. The minimum Gasteiger partial charge on any atom is -0.369 e. The number of H-pyrrole nitrogens is 1. The molecule has 1 saturated heterocycles. The number of rotatable bonds is 4. The van der Waals surface area contributed by atoms with Crippen LogP contribution >= 0.6 is 7.60 Å². The van der Waals surface area contributed by atoms with Gasteiger partial charge in [0.25, 0.3) is 5.56 Å². The minimum absolute atomic E-state index is 0.00436. The van der Waals surface area contributed by atoms with Gasteiger partial charge in [-0.15, -0.1) is 0 Å². The van der Waals surface area contributed by atoms with Crippen LogP contribution in [0.1, 0.15) is 25.5 Å². The molecule has 1 unspecified atom stereocenters. The predicted molar refractivity (Wildman–Crippen MR) is 77.2 cm³/mol. The Kier molecular flexibility index (Phi) is 3.77. The first-order valence-electron chi connectivity index (χ1n) is 6.76. The Hall–Kier alpha value is -1.74. The highest BCUT2D eigenvalue weighted by atomic mass is 31.2. The molecule has 0 spiro atoms. The maximum absolute atomic E-state index is 11.7. The lowest BCUT2D eigenvalue weighted by Crippen LogP contribution is -2.15. The van der Waals surface area contributed by atoms with E-state index < -0.39 is 13.2 Å². The largest absolute Gasteiger partial charge is 0.369 e. The summed E-state index contributed by atoms with van der Waals surface area (Å²) in [5, 5.41) is 0.